The third kappa shape index (κ3) is 2.00. The van der Waals surface area contributed by atoms with E-state index in [0.717, 1.165) is 12.2 Å². The predicted molar refractivity (Wildman–Crippen MR) is 74.8 cm³/mol. The highest BCUT2D eigenvalue weighted by Crippen LogP contribution is 2.49. The summed E-state index contributed by atoms with van der Waals surface area (Å²) in [5.74, 6) is 0.903. The first-order chi connectivity index (χ1) is 10.6. The number of hydrogen-bond donors (Lipinski definition) is 2. The molecule has 7 nitrogen and oxygen atoms in total. The van der Waals surface area contributed by atoms with Crippen LogP contribution in [0, 0.1) is 5.92 Å². The largest absolute Gasteiger partial charge is 0.469 e. The number of rotatable bonds is 2. The maximum absolute atomic E-state index is 12.5. The molecule has 116 valence electrons. The van der Waals surface area contributed by atoms with E-state index < -0.39 is 11.6 Å². The fourth-order valence-corrected chi connectivity index (χ4v) is 3.51. The van der Waals surface area contributed by atoms with Crippen molar-refractivity contribution in [2.75, 3.05) is 13.1 Å². The van der Waals surface area contributed by atoms with E-state index in [1.165, 1.54) is 0 Å². The number of carbonyl (C=O) groups excluding carboxylic acids is 3. The number of nitrogens with zero attached hydrogens (tertiary/aromatic N) is 1. The molecule has 2 atom stereocenters. The van der Waals surface area contributed by atoms with Crippen LogP contribution in [-0.2, 0) is 9.59 Å². The molecule has 7 heteroatoms. The molecule has 3 fully saturated rings. The van der Waals surface area contributed by atoms with Crippen LogP contribution in [-0.4, -0.2) is 41.4 Å². The van der Waals surface area contributed by atoms with Crippen molar-refractivity contribution in [2.24, 2.45) is 5.92 Å². The molecular formula is C15H17N3O4. The number of amides is 4. The van der Waals surface area contributed by atoms with Crippen LogP contribution >= 0.6 is 0 Å². The van der Waals surface area contributed by atoms with Gasteiger partial charge >= 0.3 is 6.03 Å². The summed E-state index contributed by atoms with van der Waals surface area (Å²) in [6.07, 6.45) is 3.38. The van der Waals surface area contributed by atoms with Crippen LogP contribution < -0.4 is 10.6 Å². The van der Waals surface area contributed by atoms with Crippen LogP contribution in [0.5, 0.6) is 0 Å². The minimum atomic E-state index is -0.822. The molecule has 0 aromatic carbocycles. The Kier molecular flexibility index (Phi) is 2.79. The second-order valence-corrected chi connectivity index (χ2v) is 6.28. The minimum Gasteiger partial charge on any atom is -0.469 e. The maximum Gasteiger partial charge on any atom is 0.322 e. The highest BCUT2D eigenvalue weighted by Gasteiger charge is 2.51. The van der Waals surface area contributed by atoms with Crippen LogP contribution in [0.25, 0.3) is 0 Å². The van der Waals surface area contributed by atoms with Crippen molar-refractivity contribution < 1.29 is 18.8 Å². The average Bonchev–Trinajstić information content (AvgIpc) is 3.01. The first kappa shape index (κ1) is 13.4. The number of imide groups is 1. The molecule has 22 heavy (non-hydrogen) atoms. The smallest absolute Gasteiger partial charge is 0.322 e. The Labute approximate surface area is 127 Å². The molecule has 4 rings (SSSR count). The Morgan fingerprint density at radius 3 is 2.68 bits per heavy atom. The van der Waals surface area contributed by atoms with Crippen LogP contribution in [0.15, 0.2) is 22.8 Å². The number of hydrogen-bond acceptors (Lipinski definition) is 4. The summed E-state index contributed by atoms with van der Waals surface area (Å²) in [5, 5.41) is 4.98. The standard InChI is InChI=1S/C15H17N3O4/c19-12(10-8-9(10)11-2-1-7-22-11)18-5-3-15(4-6-18)13(20)16-14(21)17-15/h1-2,7,9-10H,3-6,8H2,(H2,16,17,20,21)/t9-,10+/m0/s1. The summed E-state index contributed by atoms with van der Waals surface area (Å²) in [5.41, 5.74) is -0.822. The van der Waals surface area contributed by atoms with Crippen molar-refractivity contribution in [1.82, 2.24) is 15.5 Å². The van der Waals surface area contributed by atoms with Gasteiger partial charge in [-0.2, -0.15) is 0 Å². The normalized spacial score (nSPS) is 29.4. The summed E-state index contributed by atoms with van der Waals surface area (Å²) in [4.78, 5) is 37.5. The second kappa shape index (κ2) is 4.59. The van der Waals surface area contributed by atoms with E-state index in [0.29, 0.717) is 25.9 Å². The van der Waals surface area contributed by atoms with Crippen molar-refractivity contribution in [3.8, 4) is 0 Å². The van der Waals surface area contributed by atoms with E-state index >= 15 is 0 Å². The molecule has 1 aromatic rings. The molecule has 1 aliphatic carbocycles. The van der Waals surface area contributed by atoms with Crippen LogP contribution in [0.3, 0.4) is 0 Å². The van der Waals surface area contributed by atoms with Crippen LogP contribution in [0.2, 0.25) is 0 Å². The molecule has 0 radical (unpaired) electrons. The van der Waals surface area contributed by atoms with Gasteiger partial charge in [0.25, 0.3) is 5.91 Å². The van der Waals surface area contributed by atoms with Gasteiger partial charge in [0.15, 0.2) is 0 Å². The quantitative estimate of drug-likeness (QED) is 0.782. The first-order valence-electron chi connectivity index (χ1n) is 7.55. The lowest BCUT2D eigenvalue weighted by Crippen LogP contribution is -2.56. The van der Waals surface area contributed by atoms with E-state index in [1.54, 1.807) is 11.2 Å². The van der Waals surface area contributed by atoms with Crippen LogP contribution in [0.1, 0.15) is 30.9 Å². The zero-order chi connectivity index (χ0) is 15.3. The predicted octanol–water partition coefficient (Wildman–Crippen LogP) is 0.584. The molecule has 0 bridgehead atoms. The van der Waals surface area contributed by atoms with Crippen molar-refractivity contribution in [2.45, 2.75) is 30.7 Å². The van der Waals surface area contributed by atoms with Gasteiger partial charge in [0.1, 0.15) is 11.3 Å². The monoisotopic (exact) mass is 303 g/mol. The third-order valence-electron chi connectivity index (χ3n) is 4.96. The van der Waals surface area contributed by atoms with Gasteiger partial charge in [0, 0.05) is 24.9 Å². The minimum absolute atomic E-state index is 0.00723. The maximum atomic E-state index is 12.5. The Balaban J connectivity index is 1.37. The number of nitrogens with one attached hydrogen (secondary N) is 2. The fraction of sp³-hybridized carbons (Fsp3) is 0.533. The number of piperidine rings is 1. The van der Waals surface area contributed by atoms with Gasteiger partial charge in [0.05, 0.1) is 6.26 Å². The summed E-state index contributed by atoms with van der Waals surface area (Å²) >= 11 is 0. The number of furan rings is 1. The van der Waals surface area contributed by atoms with E-state index in [-0.39, 0.29) is 23.7 Å². The van der Waals surface area contributed by atoms with Gasteiger partial charge < -0.3 is 14.6 Å². The summed E-state index contributed by atoms with van der Waals surface area (Å²) in [7, 11) is 0. The fourth-order valence-electron chi connectivity index (χ4n) is 3.51. The van der Waals surface area contributed by atoms with Crippen LogP contribution in [0.4, 0.5) is 4.79 Å². The highest BCUT2D eigenvalue weighted by atomic mass is 16.3. The van der Waals surface area contributed by atoms with E-state index in [2.05, 4.69) is 10.6 Å². The first-order valence-corrected chi connectivity index (χ1v) is 7.55. The summed E-state index contributed by atoms with van der Waals surface area (Å²) in [6, 6.07) is 3.30. The second-order valence-electron chi connectivity index (χ2n) is 6.28. The Morgan fingerprint density at radius 1 is 1.32 bits per heavy atom. The van der Waals surface area contributed by atoms with Gasteiger partial charge in [-0.05, 0) is 31.4 Å². The van der Waals surface area contributed by atoms with Gasteiger partial charge in [-0.3, -0.25) is 14.9 Å². The lowest BCUT2D eigenvalue weighted by molar-refractivity contribution is -0.137. The van der Waals surface area contributed by atoms with Crippen molar-refractivity contribution in [1.29, 1.82) is 0 Å². The highest BCUT2D eigenvalue weighted by molar-refractivity contribution is 6.07. The van der Waals surface area contributed by atoms with Gasteiger partial charge in [-0.15, -0.1) is 0 Å². The summed E-state index contributed by atoms with van der Waals surface area (Å²) in [6.45, 7) is 0.988. The van der Waals surface area contributed by atoms with Crippen molar-refractivity contribution >= 4 is 17.8 Å². The Hall–Kier alpha value is -2.31. The molecule has 1 spiro atoms. The lowest BCUT2D eigenvalue weighted by Gasteiger charge is -2.37. The number of urea groups is 1. The average molecular weight is 303 g/mol. The molecule has 2 aliphatic heterocycles. The number of likely N-dealkylation sites (tertiary alicyclic amines) is 1. The van der Waals surface area contributed by atoms with E-state index in [9.17, 15) is 14.4 Å². The molecule has 0 unspecified atom stereocenters. The Morgan fingerprint density at radius 2 is 2.09 bits per heavy atom. The molecular weight excluding hydrogens is 286 g/mol. The molecule has 1 saturated carbocycles. The van der Waals surface area contributed by atoms with Crippen molar-refractivity contribution in [3.63, 3.8) is 0 Å². The lowest BCUT2D eigenvalue weighted by atomic mass is 9.87. The molecule has 3 heterocycles. The molecule has 2 saturated heterocycles. The van der Waals surface area contributed by atoms with Gasteiger partial charge in [0.2, 0.25) is 5.91 Å². The van der Waals surface area contributed by atoms with Crippen molar-refractivity contribution in [3.05, 3.63) is 24.2 Å². The zero-order valence-corrected chi connectivity index (χ0v) is 12.0. The number of carbonyl (C=O) groups is 3. The molecule has 4 amide bonds. The Bertz CT molecular complexity index is 631. The SMILES string of the molecule is O=C1NC(=O)C2(CCN(C(=O)[C@@H]3C[C@@H]3c3ccco3)CC2)N1. The third-order valence-corrected chi connectivity index (χ3v) is 4.96. The molecule has 3 aliphatic rings. The zero-order valence-electron chi connectivity index (χ0n) is 12.0. The summed E-state index contributed by atoms with van der Waals surface area (Å²) < 4.78 is 5.36. The van der Waals surface area contributed by atoms with E-state index in [4.69, 9.17) is 4.42 Å². The van der Waals surface area contributed by atoms with Gasteiger partial charge in [-0.25, -0.2) is 4.79 Å². The molecule has 1 aromatic heterocycles. The topological polar surface area (TPSA) is 91.7 Å². The van der Waals surface area contributed by atoms with Gasteiger partial charge in [-0.1, -0.05) is 0 Å². The van der Waals surface area contributed by atoms with E-state index in [1.807, 2.05) is 12.1 Å². The molecule has 2 N–H and O–H groups in total.